The second-order valence-electron chi connectivity index (χ2n) is 24.0. The molecule has 0 saturated heterocycles. The number of pyridine rings is 3. The molecule has 0 spiro atoms. The molecule has 9 heterocycles. The molecule has 21 nitrogen and oxygen atoms in total. The van der Waals surface area contributed by atoms with Crippen LogP contribution in [0.25, 0.3) is 66.3 Å². The molecule has 9 aromatic heterocycles. The standard InChI is InChI=1S/C26H22FN5O2.C25H19BrClN5O2.C25H19BrFN5O2/c1-15-19-11-7-12-20(27)22(19)26(34)32(18-9-5-4-6-10-18)23(15)17(3)29-25(33)21-16(2)30-31-14-8-13-28-24(21)31;2*1-14-19(23-28-12-7-13-31(23)30-14)24(33)29-15(2)22-21(26)17-10-6-11-18(27)20(17)25(34)32(22)16-8-4-3-5-9-16/h4-14,17H,1-3H3,(H,29,33);2*3-13,15H,1-2H3,(H,29,33)/t17-;2*15-/m000/s1. The van der Waals surface area contributed by atoms with Crippen LogP contribution in [0, 0.1) is 39.3 Å². The summed E-state index contributed by atoms with van der Waals surface area (Å²) in [6.07, 6.45) is 10.0. The van der Waals surface area contributed by atoms with Crippen LogP contribution in [0.1, 0.15) is 110 Å². The van der Waals surface area contributed by atoms with Crippen LogP contribution in [0.2, 0.25) is 5.02 Å². The van der Waals surface area contributed by atoms with E-state index in [1.54, 1.807) is 181 Å². The molecular formula is C76H60Br2ClF2N15O6. The summed E-state index contributed by atoms with van der Waals surface area (Å²) in [6.45, 7) is 12.5. The molecule has 0 unspecified atom stereocenters. The van der Waals surface area contributed by atoms with Crippen molar-refractivity contribution in [1.82, 2.24) is 73.4 Å². The van der Waals surface area contributed by atoms with Gasteiger partial charge in [-0.25, -0.2) is 37.3 Å². The Kier molecular flexibility index (Phi) is 19.2. The maximum Gasteiger partial charge on any atom is 0.266 e. The van der Waals surface area contributed by atoms with Gasteiger partial charge in [-0.05, 0) is 164 Å². The smallest absolute Gasteiger partial charge is 0.266 e. The maximum atomic E-state index is 14.7. The summed E-state index contributed by atoms with van der Waals surface area (Å²) >= 11 is 13.7. The molecule has 102 heavy (non-hydrogen) atoms. The normalized spacial score (nSPS) is 12.2. The summed E-state index contributed by atoms with van der Waals surface area (Å²) in [5.74, 6) is -2.25. The third-order valence-electron chi connectivity index (χ3n) is 17.4. The van der Waals surface area contributed by atoms with Gasteiger partial charge >= 0.3 is 0 Å². The molecule has 0 bridgehead atoms. The fourth-order valence-corrected chi connectivity index (χ4v) is 14.9. The Bertz CT molecular complexity index is 5460. The van der Waals surface area contributed by atoms with Crippen molar-refractivity contribution in [3.63, 3.8) is 0 Å². The number of nitrogens with one attached hydrogen (secondary N) is 3. The third-order valence-corrected chi connectivity index (χ3v) is 19.4. The summed E-state index contributed by atoms with van der Waals surface area (Å²) in [7, 11) is 0. The van der Waals surface area contributed by atoms with Crippen molar-refractivity contribution in [2.24, 2.45) is 0 Å². The van der Waals surface area contributed by atoms with Gasteiger partial charge in [0, 0.05) is 74.0 Å². The molecule has 0 radical (unpaired) electrons. The van der Waals surface area contributed by atoms with Gasteiger partial charge in [-0.1, -0.05) is 103 Å². The average Bonchev–Trinajstić information content (AvgIpc) is 0.918. The van der Waals surface area contributed by atoms with Crippen molar-refractivity contribution in [2.45, 2.75) is 66.6 Å². The van der Waals surface area contributed by atoms with E-state index in [0.29, 0.717) is 126 Å². The molecule has 0 aliphatic carbocycles. The number of carbonyl (C=O) groups excluding carboxylic acids is 3. The van der Waals surface area contributed by atoms with Gasteiger partial charge in [-0.2, -0.15) is 15.3 Å². The predicted molar refractivity (Wildman–Crippen MR) is 395 cm³/mol. The zero-order valence-corrected chi connectivity index (χ0v) is 59.4. The Morgan fingerprint density at radius 2 is 0.725 bits per heavy atom. The average molecular weight is 1510 g/mol. The van der Waals surface area contributed by atoms with Gasteiger partial charge < -0.3 is 16.0 Å². The first-order valence-electron chi connectivity index (χ1n) is 32.0. The van der Waals surface area contributed by atoms with Gasteiger partial charge in [-0.15, -0.1) is 0 Å². The number of halogens is 5. The number of fused-ring (bicyclic) bond motifs is 6. The first-order valence-corrected chi connectivity index (χ1v) is 34.0. The molecule has 15 rings (SSSR count). The number of hydrogen-bond acceptors (Lipinski definition) is 12. The number of carbonyl (C=O) groups is 3. The van der Waals surface area contributed by atoms with E-state index in [0.717, 1.165) is 0 Å². The Labute approximate surface area is 601 Å². The van der Waals surface area contributed by atoms with Gasteiger partial charge in [0.15, 0.2) is 16.9 Å². The molecule has 0 aliphatic heterocycles. The summed E-state index contributed by atoms with van der Waals surface area (Å²) in [6, 6.07) is 45.1. The Morgan fingerprint density at radius 1 is 0.412 bits per heavy atom. The van der Waals surface area contributed by atoms with E-state index in [1.807, 2.05) is 74.5 Å². The van der Waals surface area contributed by atoms with Crippen LogP contribution in [0.15, 0.2) is 224 Å². The van der Waals surface area contributed by atoms with Gasteiger partial charge in [0.25, 0.3) is 34.4 Å². The van der Waals surface area contributed by atoms with Crippen LogP contribution < -0.4 is 32.6 Å². The number of benzene rings is 6. The largest absolute Gasteiger partial charge is 0.344 e. The van der Waals surface area contributed by atoms with Gasteiger partial charge in [0.1, 0.15) is 28.3 Å². The molecule has 3 N–H and O–H groups in total. The van der Waals surface area contributed by atoms with Gasteiger partial charge in [0.2, 0.25) is 0 Å². The highest BCUT2D eigenvalue weighted by Gasteiger charge is 2.30. The minimum atomic E-state index is -0.625. The lowest BCUT2D eigenvalue weighted by atomic mass is 10.00. The first kappa shape index (κ1) is 68.8. The number of hydrogen-bond donors (Lipinski definition) is 3. The molecular weight excluding hydrogens is 1450 g/mol. The zero-order valence-electron chi connectivity index (χ0n) is 55.5. The number of amides is 3. The first-order chi connectivity index (χ1) is 49.1. The molecule has 3 amide bonds. The van der Waals surface area contributed by atoms with E-state index in [4.69, 9.17) is 11.6 Å². The summed E-state index contributed by atoms with van der Waals surface area (Å²) in [5.41, 5.74) is 7.03. The van der Waals surface area contributed by atoms with E-state index in [2.05, 4.69) is 78.1 Å². The monoisotopic (exact) mass is 1510 g/mol. The second-order valence-corrected chi connectivity index (χ2v) is 25.9. The molecule has 510 valence electrons. The van der Waals surface area contributed by atoms with Crippen LogP contribution in [-0.2, 0) is 0 Å². The number of nitrogens with zero attached hydrogens (tertiary/aromatic N) is 12. The highest BCUT2D eigenvalue weighted by Crippen LogP contribution is 2.36. The van der Waals surface area contributed by atoms with Crippen molar-refractivity contribution >= 4 is 110 Å². The summed E-state index contributed by atoms with van der Waals surface area (Å²) in [4.78, 5) is 93.7. The molecule has 0 aliphatic rings. The van der Waals surface area contributed by atoms with Gasteiger partial charge in [-0.3, -0.25) is 42.5 Å². The summed E-state index contributed by atoms with van der Waals surface area (Å²) < 4.78 is 39.8. The maximum absolute atomic E-state index is 14.7. The molecule has 0 saturated carbocycles. The number of aryl methyl sites for hydroxylation is 4. The highest BCUT2D eigenvalue weighted by atomic mass is 79.9. The van der Waals surface area contributed by atoms with E-state index in [9.17, 15) is 37.5 Å². The van der Waals surface area contributed by atoms with E-state index >= 15 is 0 Å². The quantitative estimate of drug-likeness (QED) is 0.103. The summed E-state index contributed by atoms with van der Waals surface area (Å²) in [5, 5.41) is 24.5. The zero-order chi connectivity index (χ0) is 71.9. The second kappa shape index (κ2) is 28.5. The van der Waals surface area contributed by atoms with E-state index in [1.165, 1.54) is 21.3 Å². The van der Waals surface area contributed by atoms with Crippen molar-refractivity contribution < 1.29 is 23.2 Å². The Morgan fingerprint density at radius 3 is 1.11 bits per heavy atom. The number of para-hydroxylation sites is 3. The predicted octanol–water partition coefficient (Wildman–Crippen LogP) is 14.3. The lowest BCUT2D eigenvalue weighted by Gasteiger charge is -2.23. The lowest BCUT2D eigenvalue weighted by Crippen LogP contribution is -2.33. The Balaban J connectivity index is 0.000000137. The van der Waals surface area contributed by atoms with Gasteiger partial charge in [0.05, 0.1) is 73.5 Å². The SMILES string of the molecule is Cc1nn2cccnc2c1C(=O)N[C@@H](C)c1c(Br)c2cccc(Cl)c2c(=O)n1-c1ccccc1.Cc1nn2cccnc2c1C(=O)N[C@@H](C)c1c(Br)c2cccc(F)c2c(=O)n1-c1ccccc1.Cc1nn2cccnc2c1C(=O)N[C@@H](C)c1c(C)c2cccc(F)c2c(=O)n1-c1ccccc1. The van der Waals surface area contributed by atoms with Crippen molar-refractivity contribution in [1.29, 1.82) is 0 Å². The fourth-order valence-electron chi connectivity index (χ4n) is 12.9. The van der Waals surface area contributed by atoms with Crippen molar-refractivity contribution in [2.75, 3.05) is 0 Å². The van der Waals surface area contributed by atoms with E-state index in [-0.39, 0.29) is 34.1 Å². The van der Waals surface area contributed by atoms with Crippen LogP contribution in [-0.4, -0.2) is 75.2 Å². The number of aromatic nitrogens is 12. The molecule has 15 aromatic rings. The minimum absolute atomic E-state index is 0.0220. The fraction of sp³-hybridized carbons (Fsp3) is 0.132. The lowest BCUT2D eigenvalue weighted by molar-refractivity contribution is 0.0931. The van der Waals surface area contributed by atoms with Crippen LogP contribution >= 0.6 is 43.5 Å². The topological polar surface area (TPSA) is 244 Å². The van der Waals surface area contributed by atoms with Crippen LogP contribution in [0.5, 0.6) is 0 Å². The minimum Gasteiger partial charge on any atom is -0.344 e. The molecule has 0 fully saturated rings. The molecule has 6 aromatic carbocycles. The van der Waals surface area contributed by atoms with Crippen LogP contribution in [0.3, 0.4) is 0 Å². The van der Waals surface area contributed by atoms with E-state index < -0.39 is 40.9 Å². The molecule has 26 heteroatoms. The van der Waals surface area contributed by atoms with Crippen LogP contribution in [0.4, 0.5) is 8.78 Å². The Hall–Kier alpha value is -11.7. The third kappa shape index (κ3) is 12.6. The highest BCUT2D eigenvalue weighted by molar-refractivity contribution is 9.11. The molecule has 3 atom stereocenters. The van der Waals surface area contributed by atoms with Crippen molar-refractivity contribution in [3.8, 4) is 17.1 Å². The number of rotatable bonds is 12. The van der Waals surface area contributed by atoms with Crippen molar-refractivity contribution in [3.05, 3.63) is 314 Å².